The number of piperazine rings is 1. The molecular formula is C14H29N3. The molecule has 0 aromatic heterocycles. The number of hydrogen-bond donors (Lipinski definition) is 1. The van der Waals surface area contributed by atoms with Gasteiger partial charge in [-0.1, -0.05) is 6.92 Å². The Morgan fingerprint density at radius 3 is 2.06 bits per heavy atom. The van der Waals surface area contributed by atoms with Crippen LogP contribution in [0, 0.1) is 5.41 Å². The zero-order chi connectivity index (χ0) is 12.7. The summed E-state index contributed by atoms with van der Waals surface area (Å²) in [6, 6.07) is 0.679. The molecule has 1 heterocycles. The molecular weight excluding hydrogens is 210 g/mol. The third-order valence-corrected chi connectivity index (χ3v) is 5.44. The summed E-state index contributed by atoms with van der Waals surface area (Å²) in [5.74, 6) is 0. The molecule has 0 bridgehead atoms. The van der Waals surface area contributed by atoms with Crippen molar-refractivity contribution in [2.75, 3.05) is 32.7 Å². The Balaban J connectivity index is 1.99. The Labute approximate surface area is 106 Å². The summed E-state index contributed by atoms with van der Waals surface area (Å²) in [6.45, 7) is 14.9. The number of nitrogens with two attached hydrogens (primary N) is 1. The first-order valence-electron chi connectivity index (χ1n) is 7.12. The van der Waals surface area contributed by atoms with Crippen LogP contribution in [0.4, 0.5) is 0 Å². The van der Waals surface area contributed by atoms with E-state index in [1.165, 1.54) is 39.0 Å². The van der Waals surface area contributed by atoms with Gasteiger partial charge in [0.25, 0.3) is 0 Å². The van der Waals surface area contributed by atoms with Crippen molar-refractivity contribution in [1.82, 2.24) is 9.80 Å². The van der Waals surface area contributed by atoms with Crippen molar-refractivity contribution in [3.8, 4) is 0 Å². The van der Waals surface area contributed by atoms with Gasteiger partial charge in [0.05, 0.1) is 0 Å². The van der Waals surface area contributed by atoms with E-state index in [4.69, 9.17) is 5.73 Å². The summed E-state index contributed by atoms with van der Waals surface area (Å²) in [5, 5.41) is 0. The fraction of sp³-hybridized carbons (Fsp3) is 1.00. The number of hydrogen-bond acceptors (Lipinski definition) is 3. The van der Waals surface area contributed by atoms with E-state index in [1.807, 2.05) is 0 Å². The van der Waals surface area contributed by atoms with Crippen molar-refractivity contribution in [3.63, 3.8) is 0 Å². The van der Waals surface area contributed by atoms with Crippen molar-refractivity contribution < 1.29 is 0 Å². The fourth-order valence-corrected chi connectivity index (χ4v) is 3.22. The van der Waals surface area contributed by atoms with E-state index in [9.17, 15) is 0 Å². The van der Waals surface area contributed by atoms with Crippen LogP contribution in [0.1, 0.15) is 40.5 Å². The molecule has 100 valence electrons. The molecule has 3 heteroatoms. The molecule has 0 aromatic carbocycles. The van der Waals surface area contributed by atoms with Crippen molar-refractivity contribution in [3.05, 3.63) is 0 Å². The summed E-state index contributed by atoms with van der Waals surface area (Å²) in [5.41, 5.74) is 6.80. The van der Waals surface area contributed by atoms with E-state index in [-0.39, 0.29) is 5.54 Å². The average molecular weight is 239 g/mol. The molecule has 1 saturated carbocycles. The molecule has 17 heavy (non-hydrogen) atoms. The lowest BCUT2D eigenvalue weighted by atomic mass is 9.81. The molecule has 0 amide bonds. The summed E-state index contributed by atoms with van der Waals surface area (Å²) in [6.07, 6.45) is 2.70. The standard InChI is InChI=1S/C14H29N3/c1-12(2)16-7-9-17(10-8-16)14(4,11-15)13(3)5-6-13/h12H,5-11,15H2,1-4H3. The van der Waals surface area contributed by atoms with Gasteiger partial charge >= 0.3 is 0 Å². The van der Waals surface area contributed by atoms with Crippen molar-refractivity contribution in [2.24, 2.45) is 11.1 Å². The van der Waals surface area contributed by atoms with Crippen LogP contribution in [0.2, 0.25) is 0 Å². The van der Waals surface area contributed by atoms with Gasteiger partial charge in [0.15, 0.2) is 0 Å². The highest BCUT2D eigenvalue weighted by atomic mass is 15.3. The topological polar surface area (TPSA) is 32.5 Å². The van der Waals surface area contributed by atoms with Crippen LogP contribution in [0.15, 0.2) is 0 Å². The third-order valence-electron chi connectivity index (χ3n) is 5.44. The molecule has 2 rings (SSSR count). The third kappa shape index (κ3) is 2.25. The minimum Gasteiger partial charge on any atom is -0.329 e. The number of rotatable bonds is 4. The Kier molecular flexibility index (Phi) is 3.54. The first-order valence-corrected chi connectivity index (χ1v) is 7.12. The molecule has 1 aliphatic carbocycles. The van der Waals surface area contributed by atoms with Crippen LogP contribution in [0.25, 0.3) is 0 Å². The lowest BCUT2D eigenvalue weighted by molar-refractivity contribution is -0.00176. The van der Waals surface area contributed by atoms with Gasteiger partial charge in [-0.2, -0.15) is 0 Å². The van der Waals surface area contributed by atoms with Crippen LogP contribution < -0.4 is 5.73 Å². The zero-order valence-corrected chi connectivity index (χ0v) is 12.0. The molecule has 1 aliphatic heterocycles. The molecule has 1 unspecified atom stereocenters. The van der Waals surface area contributed by atoms with E-state index in [1.54, 1.807) is 0 Å². The average Bonchev–Trinajstić information content (AvgIpc) is 3.08. The van der Waals surface area contributed by atoms with Gasteiger partial charge in [-0.25, -0.2) is 0 Å². The normalized spacial score (nSPS) is 29.3. The molecule has 0 radical (unpaired) electrons. The van der Waals surface area contributed by atoms with Gasteiger partial charge in [-0.15, -0.1) is 0 Å². The predicted molar refractivity (Wildman–Crippen MR) is 73.1 cm³/mol. The van der Waals surface area contributed by atoms with Crippen LogP contribution in [0.5, 0.6) is 0 Å². The van der Waals surface area contributed by atoms with Crippen molar-refractivity contribution in [2.45, 2.75) is 52.1 Å². The van der Waals surface area contributed by atoms with E-state index < -0.39 is 0 Å². The lowest BCUT2D eigenvalue weighted by Gasteiger charge is -2.49. The Morgan fingerprint density at radius 1 is 1.18 bits per heavy atom. The van der Waals surface area contributed by atoms with Gasteiger partial charge in [0.1, 0.15) is 0 Å². The molecule has 0 spiro atoms. The maximum Gasteiger partial charge on any atom is 0.0358 e. The van der Waals surface area contributed by atoms with E-state index in [0.29, 0.717) is 11.5 Å². The predicted octanol–water partition coefficient (Wildman–Crippen LogP) is 1.53. The molecule has 1 atom stereocenters. The fourth-order valence-electron chi connectivity index (χ4n) is 3.22. The number of nitrogens with zero attached hydrogens (tertiary/aromatic N) is 2. The summed E-state index contributed by atoms with van der Waals surface area (Å²) in [4.78, 5) is 5.22. The highest BCUT2D eigenvalue weighted by Gasteiger charge is 2.55. The van der Waals surface area contributed by atoms with Crippen LogP contribution in [-0.2, 0) is 0 Å². The smallest absolute Gasteiger partial charge is 0.0358 e. The van der Waals surface area contributed by atoms with Gasteiger partial charge < -0.3 is 5.73 Å². The minimum atomic E-state index is 0.218. The molecule has 2 aliphatic rings. The zero-order valence-electron chi connectivity index (χ0n) is 12.0. The Hall–Kier alpha value is -0.120. The second-order valence-electron chi connectivity index (χ2n) is 6.66. The quantitative estimate of drug-likeness (QED) is 0.807. The van der Waals surface area contributed by atoms with Crippen LogP contribution in [-0.4, -0.2) is 54.1 Å². The summed E-state index contributed by atoms with van der Waals surface area (Å²) >= 11 is 0. The summed E-state index contributed by atoms with van der Waals surface area (Å²) < 4.78 is 0. The molecule has 2 N–H and O–H groups in total. The molecule has 1 saturated heterocycles. The van der Waals surface area contributed by atoms with E-state index in [2.05, 4.69) is 37.5 Å². The van der Waals surface area contributed by atoms with Gasteiger partial charge in [-0.3, -0.25) is 9.80 Å². The Bertz CT molecular complexity index is 265. The van der Waals surface area contributed by atoms with Gasteiger partial charge in [-0.05, 0) is 39.0 Å². The monoisotopic (exact) mass is 239 g/mol. The largest absolute Gasteiger partial charge is 0.329 e. The summed E-state index contributed by atoms with van der Waals surface area (Å²) in [7, 11) is 0. The molecule has 3 nitrogen and oxygen atoms in total. The van der Waals surface area contributed by atoms with Gasteiger partial charge in [0.2, 0.25) is 0 Å². The highest BCUT2D eigenvalue weighted by molar-refractivity contribution is 5.10. The van der Waals surface area contributed by atoms with Crippen molar-refractivity contribution >= 4 is 0 Å². The molecule has 2 fully saturated rings. The lowest BCUT2D eigenvalue weighted by Crippen LogP contribution is -2.62. The van der Waals surface area contributed by atoms with Crippen LogP contribution in [0.3, 0.4) is 0 Å². The Morgan fingerprint density at radius 2 is 1.71 bits per heavy atom. The maximum atomic E-state index is 6.10. The SMILES string of the molecule is CC(C)N1CCN(C(C)(CN)C2(C)CC2)CC1. The highest BCUT2D eigenvalue weighted by Crippen LogP contribution is 2.55. The second kappa shape index (κ2) is 4.52. The minimum absolute atomic E-state index is 0.218. The second-order valence-corrected chi connectivity index (χ2v) is 6.66. The first kappa shape index (κ1) is 13.3. The van der Waals surface area contributed by atoms with Gasteiger partial charge in [0, 0.05) is 44.3 Å². The van der Waals surface area contributed by atoms with E-state index in [0.717, 1.165) is 6.54 Å². The maximum absolute atomic E-state index is 6.10. The molecule has 0 aromatic rings. The van der Waals surface area contributed by atoms with E-state index >= 15 is 0 Å². The first-order chi connectivity index (χ1) is 7.93. The van der Waals surface area contributed by atoms with Crippen molar-refractivity contribution in [1.29, 1.82) is 0 Å². The van der Waals surface area contributed by atoms with Crippen LogP contribution >= 0.6 is 0 Å².